The molecule has 94 valence electrons. The number of aromatic nitrogens is 2. The Balaban J connectivity index is 2.28. The van der Waals surface area contributed by atoms with Gasteiger partial charge in [0.25, 0.3) is 0 Å². The first kappa shape index (κ1) is 12.0. The summed E-state index contributed by atoms with van der Waals surface area (Å²) in [7, 11) is 0. The highest BCUT2D eigenvalue weighted by atomic mass is 19.1. The second-order valence-corrected chi connectivity index (χ2v) is 4.23. The molecule has 3 N–H and O–H groups in total. The Kier molecular flexibility index (Phi) is 3.73. The Hall–Kier alpha value is -1.43. The van der Waals surface area contributed by atoms with Crippen LogP contribution in [0.3, 0.4) is 0 Å². The molecule has 5 nitrogen and oxygen atoms in total. The first-order chi connectivity index (χ1) is 8.26. The molecule has 1 aromatic rings. The van der Waals surface area contributed by atoms with Crippen LogP contribution in [-0.2, 0) is 0 Å². The van der Waals surface area contributed by atoms with Crippen molar-refractivity contribution < 1.29 is 4.39 Å². The molecule has 1 aromatic heterocycles. The number of hydrogen-bond acceptors (Lipinski definition) is 5. The highest BCUT2D eigenvalue weighted by Gasteiger charge is 2.25. The summed E-state index contributed by atoms with van der Waals surface area (Å²) in [4.78, 5) is 9.87. The fraction of sp³-hybridized carbons (Fsp3) is 0.636. The zero-order valence-electron chi connectivity index (χ0n) is 9.99. The Morgan fingerprint density at radius 3 is 2.82 bits per heavy atom. The molecule has 1 saturated carbocycles. The van der Waals surface area contributed by atoms with Crippen molar-refractivity contribution in [2.75, 3.05) is 16.9 Å². The van der Waals surface area contributed by atoms with Crippen molar-refractivity contribution in [3.63, 3.8) is 0 Å². The summed E-state index contributed by atoms with van der Waals surface area (Å²) in [6.45, 7) is 2.75. The average molecular weight is 239 g/mol. The van der Waals surface area contributed by atoms with Crippen LogP contribution < -0.4 is 16.2 Å². The molecule has 1 heterocycles. The number of nitrogen functional groups attached to an aromatic ring is 1. The minimum absolute atomic E-state index is 0.248. The standard InChI is InChI=1S/C11H18FN5/c1-2-17(8-5-3-4-6-8)10-9(12)7-14-11(15-10)16-13/h7-8H,2-6,13H2,1H3,(H,14,15,16). The van der Waals surface area contributed by atoms with Gasteiger partial charge in [-0.25, -0.2) is 15.2 Å². The van der Waals surface area contributed by atoms with Crippen LogP contribution in [0.4, 0.5) is 16.2 Å². The van der Waals surface area contributed by atoms with E-state index in [-0.39, 0.29) is 5.95 Å². The number of nitrogens with two attached hydrogens (primary N) is 1. The van der Waals surface area contributed by atoms with Crippen LogP contribution in [0.5, 0.6) is 0 Å². The monoisotopic (exact) mass is 239 g/mol. The van der Waals surface area contributed by atoms with Gasteiger partial charge in [-0.05, 0) is 19.8 Å². The predicted octanol–water partition coefficient (Wildman–Crippen LogP) is 1.67. The molecule has 0 bridgehead atoms. The van der Waals surface area contributed by atoms with Gasteiger partial charge in [-0.1, -0.05) is 12.8 Å². The summed E-state index contributed by atoms with van der Waals surface area (Å²) in [6, 6.07) is 0.384. The lowest BCUT2D eigenvalue weighted by molar-refractivity contribution is 0.564. The highest BCUT2D eigenvalue weighted by molar-refractivity contribution is 5.44. The number of hydrazine groups is 1. The predicted molar refractivity (Wildman–Crippen MR) is 65.1 cm³/mol. The van der Waals surface area contributed by atoms with Gasteiger partial charge in [-0.2, -0.15) is 4.98 Å². The normalized spacial score (nSPS) is 16.2. The molecule has 0 aliphatic heterocycles. The summed E-state index contributed by atoms with van der Waals surface area (Å²) in [5, 5.41) is 0. The first-order valence-corrected chi connectivity index (χ1v) is 6.02. The Morgan fingerprint density at radius 1 is 1.53 bits per heavy atom. The summed E-state index contributed by atoms with van der Waals surface area (Å²) >= 11 is 0. The summed E-state index contributed by atoms with van der Waals surface area (Å²) in [5.74, 6) is 5.45. The van der Waals surface area contributed by atoms with Crippen LogP contribution in [-0.4, -0.2) is 22.6 Å². The molecule has 0 aromatic carbocycles. The molecule has 6 heteroatoms. The van der Waals surface area contributed by atoms with E-state index in [1.807, 2.05) is 11.8 Å². The molecule has 1 fully saturated rings. The van der Waals surface area contributed by atoms with E-state index in [0.717, 1.165) is 25.6 Å². The maximum atomic E-state index is 13.8. The molecule has 0 saturated heterocycles. The molecule has 0 amide bonds. The lowest BCUT2D eigenvalue weighted by Gasteiger charge is -2.29. The Bertz CT molecular complexity index is 378. The van der Waals surface area contributed by atoms with Gasteiger partial charge < -0.3 is 4.90 Å². The quantitative estimate of drug-likeness (QED) is 0.618. The molecule has 1 aliphatic carbocycles. The van der Waals surface area contributed by atoms with Crippen molar-refractivity contribution in [2.24, 2.45) is 5.84 Å². The van der Waals surface area contributed by atoms with Gasteiger partial charge in [0, 0.05) is 12.6 Å². The van der Waals surface area contributed by atoms with E-state index < -0.39 is 5.82 Å². The number of nitrogens with one attached hydrogen (secondary N) is 1. The fourth-order valence-corrected chi connectivity index (χ4v) is 2.43. The average Bonchev–Trinajstić information content (AvgIpc) is 2.86. The number of hydrogen-bond donors (Lipinski definition) is 2. The van der Waals surface area contributed by atoms with Gasteiger partial charge in [0.05, 0.1) is 6.20 Å². The third-order valence-corrected chi connectivity index (χ3v) is 3.23. The molecular weight excluding hydrogens is 221 g/mol. The lowest BCUT2D eigenvalue weighted by Crippen LogP contribution is -2.34. The third-order valence-electron chi connectivity index (χ3n) is 3.23. The minimum atomic E-state index is -0.391. The number of anilines is 2. The van der Waals surface area contributed by atoms with E-state index in [0.29, 0.717) is 11.9 Å². The molecule has 1 aliphatic rings. The molecule has 0 radical (unpaired) electrons. The van der Waals surface area contributed by atoms with Gasteiger partial charge in [0.15, 0.2) is 11.6 Å². The van der Waals surface area contributed by atoms with Gasteiger partial charge in [0.1, 0.15) is 0 Å². The van der Waals surface area contributed by atoms with E-state index >= 15 is 0 Å². The maximum Gasteiger partial charge on any atom is 0.239 e. The Labute approximate surface area is 100 Å². The number of rotatable bonds is 4. The second-order valence-electron chi connectivity index (χ2n) is 4.23. The van der Waals surface area contributed by atoms with E-state index in [9.17, 15) is 4.39 Å². The van der Waals surface area contributed by atoms with Crippen molar-refractivity contribution in [3.8, 4) is 0 Å². The minimum Gasteiger partial charge on any atom is -0.351 e. The molecule has 17 heavy (non-hydrogen) atoms. The number of halogens is 1. The van der Waals surface area contributed by atoms with Crippen molar-refractivity contribution >= 4 is 11.8 Å². The van der Waals surface area contributed by atoms with Gasteiger partial charge >= 0.3 is 0 Å². The van der Waals surface area contributed by atoms with E-state index in [2.05, 4.69) is 15.4 Å². The summed E-state index contributed by atoms with van der Waals surface area (Å²) in [6.07, 6.45) is 5.77. The molecule has 0 atom stereocenters. The van der Waals surface area contributed by atoms with Gasteiger partial charge in [-0.3, -0.25) is 5.43 Å². The van der Waals surface area contributed by atoms with Crippen molar-refractivity contribution in [1.29, 1.82) is 0 Å². The molecule has 2 rings (SSSR count). The zero-order chi connectivity index (χ0) is 12.3. The molecular formula is C11H18FN5. The number of nitrogens with zero attached hydrogens (tertiary/aromatic N) is 3. The first-order valence-electron chi connectivity index (χ1n) is 6.02. The van der Waals surface area contributed by atoms with Crippen molar-refractivity contribution in [2.45, 2.75) is 38.6 Å². The zero-order valence-corrected chi connectivity index (χ0v) is 9.99. The van der Waals surface area contributed by atoms with E-state index in [1.165, 1.54) is 12.8 Å². The van der Waals surface area contributed by atoms with E-state index in [1.54, 1.807) is 0 Å². The topological polar surface area (TPSA) is 67.1 Å². The molecule has 0 unspecified atom stereocenters. The fourth-order valence-electron chi connectivity index (χ4n) is 2.43. The van der Waals surface area contributed by atoms with Crippen LogP contribution in [0.2, 0.25) is 0 Å². The maximum absolute atomic E-state index is 13.8. The van der Waals surface area contributed by atoms with Gasteiger partial charge in [-0.15, -0.1) is 0 Å². The largest absolute Gasteiger partial charge is 0.351 e. The molecule has 0 spiro atoms. The van der Waals surface area contributed by atoms with Crippen LogP contribution in [0, 0.1) is 5.82 Å². The summed E-state index contributed by atoms with van der Waals surface area (Å²) in [5.41, 5.74) is 2.35. The SMILES string of the molecule is CCN(c1nc(NN)ncc1F)C1CCCC1. The van der Waals surface area contributed by atoms with Crippen molar-refractivity contribution in [3.05, 3.63) is 12.0 Å². The van der Waals surface area contributed by atoms with Crippen LogP contribution in [0.15, 0.2) is 6.20 Å². The highest BCUT2D eigenvalue weighted by Crippen LogP contribution is 2.28. The van der Waals surface area contributed by atoms with Crippen molar-refractivity contribution in [1.82, 2.24) is 9.97 Å². The summed E-state index contributed by atoms with van der Waals surface area (Å²) < 4.78 is 13.8. The van der Waals surface area contributed by atoms with Crippen LogP contribution in [0.1, 0.15) is 32.6 Å². The third kappa shape index (κ3) is 2.46. The van der Waals surface area contributed by atoms with Crippen LogP contribution >= 0.6 is 0 Å². The van der Waals surface area contributed by atoms with Gasteiger partial charge in [0.2, 0.25) is 5.95 Å². The van der Waals surface area contributed by atoms with E-state index in [4.69, 9.17) is 5.84 Å². The smallest absolute Gasteiger partial charge is 0.239 e. The Morgan fingerprint density at radius 2 is 2.24 bits per heavy atom. The van der Waals surface area contributed by atoms with Crippen LogP contribution in [0.25, 0.3) is 0 Å². The lowest BCUT2D eigenvalue weighted by atomic mass is 10.2. The second kappa shape index (κ2) is 5.27.